The van der Waals surface area contributed by atoms with Crippen LogP contribution in [0.3, 0.4) is 0 Å². The highest BCUT2D eigenvalue weighted by atomic mass is 16.5. The Morgan fingerprint density at radius 3 is 2.57 bits per heavy atom. The Labute approximate surface area is 178 Å². The van der Waals surface area contributed by atoms with Gasteiger partial charge in [0.15, 0.2) is 5.76 Å². The highest BCUT2D eigenvalue weighted by Crippen LogP contribution is 2.30. The summed E-state index contributed by atoms with van der Waals surface area (Å²) >= 11 is 0. The van der Waals surface area contributed by atoms with Gasteiger partial charge in [-0.2, -0.15) is 0 Å². The van der Waals surface area contributed by atoms with Gasteiger partial charge in [0.25, 0.3) is 5.91 Å². The molecule has 2 aromatic rings. The summed E-state index contributed by atoms with van der Waals surface area (Å²) in [6.07, 6.45) is 6.98. The molecule has 0 saturated heterocycles. The van der Waals surface area contributed by atoms with Crippen molar-refractivity contribution in [2.24, 2.45) is 0 Å². The molecule has 1 aliphatic rings. The van der Waals surface area contributed by atoms with Crippen molar-refractivity contribution in [1.29, 1.82) is 0 Å². The number of amides is 2. The first-order valence-electron chi connectivity index (χ1n) is 10.4. The number of carbonyl (C=O) groups excluding carboxylic acids is 2. The summed E-state index contributed by atoms with van der Waals surface area (Å²) in [6.45, 7) is 0.446. The zero-order valence-corrected chi connectivity index (χ0v) is 18.0. The molecule has 0 atom stereocenters. The van der Waals surface area contributed by atoms with E-state index in [9.17, 15) is 9.59 Å². The molecule has 3 rings (SSSR count). The third-order valence-corrected chi connectivity index (χ3v) is 5.47. The van der Waals surface area contributed by atoms with Crippen LogP contribution in [0.1, 0.15) is 48.2 Å². The summed E-state index contributed by atoms with van der Waals surface area (Å²) in [7, 11) is 5.44. The molecule has 1 heterocycles. The van der Waals surface area contributed by atoms with Gasteiger partial charge < -0.3 is 24.3 Å². The monoisotopic (exact) mass is 413 g/mol. The van der Waals surface area contributed by atoms with E-state index >= 15 is 0 Å². The van der Waals surface area contributed by atoms with Crippen molar-refractivity contribution >= 4 is 23.2 Å². The Hall–Kier alpha value is -2.80. The molecule has 0 radical (unpaired) electrons. The zero-order chi connectivity index (χ0) is 21.5. The van der Waals surface area contributed by atoms with E-state index < -0.39 is 0 Å². The van der Waals surface area contributed by atoms with Crippen LogP contribution >= 0.6 is 0 Å². The summed E-state index contributed by atoms with van der Waals surface area (Å²) < 4.78 is 10.3. The summed E-state index contributed by atoms with van der Waals surface area (Å²) in [6, 6.07) is 9.40. The van der Waals surface area contributed by atoms with Gasteiger partial charge in [-0.1, -0.05) is 19.3 Å². The third kappa shape index (κ3) is 5.42. The minimum absolute atomic E-state index is 0.00402. The molecule has 0 aliphatic heterocycles. The van der Waals surface area contributed by atoms with Gasteiger partial charge in [-0.3, -0.25) is 9.59 Å². The number of benzene rings is 1. The molecule has 1 saturated carbocycles. The molecule has 1 N–H and O–H groups in total. The van der Waals surface area contributed by atoms with E-state index in [1.54, 1.807) is 12.1 Å². The smallest absolute Gasteiger partial charge is 0.290 e. The minimum atomic E-state index is -0.211. The molecule has 7 nitrogen and oxygen atoms in total. The standard InChI is InChI=1S/C23H31N3O4/c1-25(2)20-12-11-18(24-22(27)16-29-3)14-17(20)15-26(19-8-5-4-6-9-19)23(28)21-10-7-13-30-21/h7,10-14,19H,4-6,8-9,15-16H2,1-3H3,(H,24,27). The quantitative estimate of drug-likeness (QED) is 0.710. The molecule has 2 amide bonds. The van der Waals surface area contributed by atoms with E-state index in [2.05, 4.69) is 5.32 Å². The Balaban J connectivity index is 1.91. The lowest BCUT2D eigenvalue weighted by Gasteiger charge is -2.35. The van der Waals surface area contributed by atoms with Gasteiger partial charge in [-0.25, -0.2) is 0 Å². The molecule has 30 heavy (non-hydrogen) atoms. The first-order chi connectivity index (χ1) is 14.5. The zero-order valence-electron chi connectivity index (χ0n) is 18.0. The molecule has 7 heteroatoms. The van der Waals surface area contributed by atoms with Crippen LogP contribution in [0.25, 0.3) is 0 Å². The largest absolute Gasteiger partial charge is 0.459 e. The first kappa shape index (κ1) is 21.9. The van der Waals surface area contributed by atoms with Gasteiger partial charge in [0.2, 0.25) is 5.91 Å². The van der Waals surface area contributed by atoms with Gasteiger partial charge in [0.05, 0.1) is 6.26 Å². The lowest BCUT2D eigenvalue weighted by atomic mass is 9.93. The van der Waals surface area contributed by atoms with Crippen LogP contribution in [0, 0.1) is 0 Å². The number of nitrogens with one attached hydrogen (secondary N) is 1. The van der Waals surface area contributed by atoms with E-state index in [0.29, 0.717) is 18.0 Å². The normalized spacial score (nSPS) is 14.4. The fourth-order valence-electron chi connectivity index (χ4n) is 4.04. The lowest BCUT2D eigenvalue weighted by Crippen LogP contribution is -2.41. The number of anilines is 2. The summed E-state index contributed by atoms with van der Waals surface area (Å²) in [4.78, 5) is 29.2. The van der Waals surface area contributed by atoms with E-state index in [1.807, 2.05) is 42.1 Å². The van der Waals surface area contributed by atoms with Crippen LogP contribution in [0.5, 0.6) is 0 Å². The number of rotatable bonds is 8. The number of hydrogen-bond donors (Lipinski definition) is 1. The van der Waals surface area contributed by atoms with Crippen LogP contribution in [0.15, 0.2) is 41.0 Å². The Kier molecular flexibility index (Phi) is 7.52. The predicted molar refractivity (Wildman–Crippen MR) is 117 cm³/mol. The Morgan fingerprint density at radius 2 is 1.93 bits per heavy atom. The van der Waals surface area contributed by atoms with Crippen molar-refractivity contribution in [2.75, 3.05) is 38.0 Å². The minimum Gasteiger partial charge on any atom is -0.459 e. The van der Waals surface area contributed by atoms with E-state index in [-0.39, 0.29) is 24.5 Å². The number of furan rings is 1. The third-order valence-electron chi connectivity index (χ3n) is 5.47. The van der Waals surface area contributed by atoms with Crippen molar-refractivity contribution < 1.29 is 18.7 Å². The second-order valence-electron chi connectivity index (χ2n) is 7.92. The van der Waals surface area contributed by atoms with Crippen LogP contribution in [-0.4, -0.2) is 50.6 Å². The molecule has 1 aliphatic carbocycles. The lowest BCUT2D eigenvalue weighted by molar-refractivity contribution is -0.119. The maximum absolute atomic E-state index is 13.3. The van der Waals surface area contributed by atoms with Gasteiger partial charge in [-0.05, 0) is 48.7 Å². The van der Waals surface area contributed by atoms with E-state index in [1.165, 1.54) is 19.8 Å². The molecular formula is C23H31N3O4. The average Bonchev–Trinajstić information content (AvgIpc) is 3.27. The van der Waals surface area contributed by atoms with E-state index in [4.69, 9.17) is 9.15 Å². The molecular weight excluding hydrogens is 382 g/mol. The van der Waals surface area contributed by atoms with Crippen molar-refractivity contribution in [3.63, 3.8) is 0 Å². The fourth-order valence-corrected chi connectivity index (χ4v) is 4.04. The number of methoxy groups -OCH3 is 1. The topological polar surface area (TPSA) is 75.0 Å². The fraction of sp³-hybridized carbons (Fsp3) is 0.478. The summed E-state index contributed by atoms with van der Waals surface area (Å²) in [5, 5.41) is 2.85. The first-order valence-corrected chi connectivity index (χ1v) is 10.4. The molecule has 162 valence electrons. The molecule has 1 fully saturated rings. The maximum Gasteiger partial charge on any atom is 0.290 e. The second-order valence-corrected chi connectivity index (χ2v) is 7.92. The molecule has 0 spiro atoms. The number of hydrogen-bond acceptors (Lipinski definition) is 5. The Morgan fingerprint density at radius 1 is 1.17 bits per heavy atom. The van der Waals surface area contributed by atoms with Crippen molar-refractivity contribution in [1.82, 2.24) is 4.90 Å². The van der Waals surface area contributed by atoms with E-state index in [0.717, 1.165) is 36.9 Å². The molecule has 0 bridgehead atoms. The SMILES string of the molecule is COCC(=O)Nc1ccc(N(C)C)c(CN(C(=O)c2ccco2)C2CCCCC2)c1. The number of ether oxygens (including phenoxy) is 1. The van der Waals surface area contributed by atoms with Crippen LogP contribution in [-0.2, 0) is 16.1 Å². The number of nitrogens with zero attached hydrogens (tertiary/aromatic N) is 2. The van der Waals surface area contributed by atoms with Crippen molar-refractivity contribution in [3.8, 4) is 0 Å². The van der Waals surface area contributed by atoms with Crippen LogP contribution in [0.4, 0.5) is 11.4 Å². The number of carbonyl (C=O) groups is 2. The average molecular weight is 414 g/mol. The van der Waals surface area contributed by atoms with Gasteiger partial charge in [-0.15, -0.1) is 0 Å². The molecule has 0 unspecified atom stereocenters. The maximum atomic E-state index is 13.3. The summed E-state index contributed by atoms with van der Waals surface area (Å²) in [5.74, 6) is 0.0545. The van der Waals surface area contributed by atoms with Gasteiger partial charge in [0.1, 0.15) is 6.61 Å². The van der Waals surface area contributed by atoms with Gasteiger partial charge >= 0.3 is 0 Å². The molecule has 1 aromatic carbocycles. The highest BCUT2D eigenvalue weighted by Gasteiger charge is 2.28. The molecule has 1 aromatic heterocycles. The van der Waals surface area contributed by atoms with Crippen molar-refractivity contribution in [3.05, 3.63) is 47.9 Å². The van der Waals surface area contributed by atoms with Crippen LogP contribution in [0.2, 0.25) is 0 Å². The summed E-state index contributed by atoms with van der Waals surface area (Å²) in [5.41, 5.74) is 2.67. The second kappa shape index (κ2) is 10.3. The van der Waals surface area contributed by atoms with Gasteiger partial charge in [0, 0.05) is 45.2 Å². The van der Waals surface area contributed by atoms with Crippen molar-refractivity contribution in [2.45, 2.75) is 44.7 Å². The highest BCUT2D eigenvalue weighted by molar-refractivity contribution is 5.93. The Bertz CT molecular complexity index is 842. The van der Waals surface area contributed by atoms with Crippen LogP contribution < -0.4 is 10.2 Å². The predicted octanol–water partition coefficient (Wildman–Crippen LogP) is 3.91.